The summed E-state index contributed by atoms with van der Waals surface area (Å²) >= 11 is 0. The molecule has 0 amide bonds. The van der Waals surface area contributed by atoms with Crippen LogP contribution in [0.2, 0.25) is 0 Å². The zero-order chi connectivity index (χ0) is 7.78. The van der Waals surface area contributed by atoms with Crippen LogP contribution in [0.4, 0.5) is 0 Å². The Balaban J connectivity index is 0.000000112. The zero-order valence-corrected chi connectivity index (χ0v) is 6.22. The van der Waals surface area contributed by atoms with Crippen molar-refractivity contribution in [3.8, 4) is 0 Å². The first-order valence-corrected chi connectivity index (χ1v) is 3.52. The van der Waals surface area contributed by atoms with Crippen molar-refractivity contribution < 1.29 is 0 Å². The van der Waals surface area contributed by atoms with Gasteiger partial charge in [-0.05, 0) is 12.1 Å². The third-order valence-electron chi connectivity index (χ3n) is 1.10. The van der Waals surface area contributed by atoms with Crippen molar-refractivity contribution >= 4 is 6.21 Å². The molecule has 1 aliphatic rings. The molecule has 2 heteroatoms. The zero-order valence-electron chi connectivity index (χ0n) is 6.22. The Labute approximate surface area is 66.3 Å². The van der Waals surface area contributed by atoms with Gasteiger partial charge >= 0.3 is 0 Å². The van der Waals surface area contributed by atoms with E-state index >= 15 is 0 Å². The molecule has 11 heavy (non-hydrogen) atoms. The van der Waals surface area contributed by atoms with Crippen molar-refractivity contribution in [2.75, 3.05) is 0 Å². The van der Waals surface area contributed by atoms with E-state index in [-0.39, 0.29) is 0 Å². The molecule has 0 N–H and O–H groups in total. The summed E-state index contributed by atoms with van der Waals surface area (Å²) in [4.78, 5) is 7.56. The SMILES string of the molecule is C1=CN=CC1.c1ccncc1. The molecule has 0 unspecified atom stereocenters. The van der Waals surface area contributed by atoms with Crippen LogP contribution in [0.15, 0.2) is 47.9 Å². The molecule has 0 aromatic carbocycles. The average Bonchev–Trinajstić information content (AvgIpc) is 2.64. The summed E-state index contributed by atoms with van der Waals surface area (Å²) < 4.78 is 0. The lowest BCUT2D eigenvalue weighted by molar-refractivity contribution is 1.33. The number of allylic oxidation sites excluding steroid dienone is 1. The molecule has 56 valence electrons. The number of hydrogen-bond donors (Lipinski definition) is 0. The molecule has 0 saturated carbocycles. The van der Waals surface area contributed by atoms with Gasteiger partial charge < -0.3 is 0 Å². The maximum absolute atomic E-state index is 3.78. The Morgan fingerprint density at radius 2 is 1.82 bits per heavy atom. The van der Waals surface area contributed by atoms with E-state index in [9.17, 15) is 0 Å². The molecule has 1 aliphatic heterocycles. The number of nitrogens with zero attached hydrogens (tertiary/aromatic N) is 2. The van der Waals surface area contributed by atoms with Crippen molar-refractivity contribution in [3.63, 3.8) is 0 Å². The highest BCUT2D eigenvalue weighted by Crippen LogP contribution is 1.86. The predicted molar refractivity (Wildman–Crippen MR) is 46.5 cm³/mol. The molecule has 0 bridgehead atoms. The number of hydrogen-bond acceptors (Lipinski definition) is 2. The number of aromatic nitrogens is 1. The van der Waals surface area contributed by atoms with Gasteiger partial charge in [-0.15, -0.1) is 0 Å². The lowest BCUT2D eigenvalue weighted by atomic mass is 10.5. The number of pyridine rings is 1. The van der Waals surface area contributed by atoms with E-state index in [2.05, 4.69) is 9.98 Å². The molecule has 2 heterocycles. The highest BCUT2D eigenvalue weighted by molar-refractivity contribution is 5.62. The molecule has 0 saturated heterocycles. The standard InChI is InChI=1S/C5H5N.C4H5N/c1-2-4-6-5-3-1;1-2-4-5-3-1/h1-5H;1,3-4H,2H2. The normalized spacial score (nSPS) is 12.4. The summed E-state index contributed by atoms with van der Waals surface area (Å²) in [7, 11) is 0. The highest BCUT2D eigenvalue weighted by atomic mass is 14.7. The smallest absolute Gasteiger partial charge is 0.0267 e. The largest absolute Gasteiger partial charge is 0.269 e. The van der Waals surface area contributed by atoms with Gasteiger partial charge in [0.1, 0.15) is 0 Å². The van der Waals surface area contributed by atoms with Gasteiger partial charge in [-0.25, -0.2) is 0 Å². The molecule has 2 nitrogen and oxygen atoms in total. The van der Waals surface area contributed by atoms with E-state index < -0.39 is 0 Å². The topological polar surface area (TPSA) is 25.2 Å². The van der Waals surface area contributed by atoms with Gasteiger partial charge in [0.25, 0.3) is 0 Å². The summed E-state index contributed by atoms with van der Waals surface area (Å²) in [6.07, 6.45) is 10.2. The first-order chi connectivity index (χ1) is 5.50. The molecule has 0 fully saturated rings. The minimum absolute atomic E-state index is 1.03. The fraction of sp³-hybridized carbons (Fsp3) is 0.111. The van der Waals surface area contributed by atoms with E-state index in [1.807, 2.05) is 30.5 Å². The lowest BCUT2D eigenvalue weighted by Crippen LogP contribution is -1.58. The first-order valence-electron chi connectivity index (χ1n) is 3.52. The monoisotopic (exact) mass is 146 g/mol. The molecule has 0 spiro atoms. The highest BCUT2D eigenvalue weighted by Gasteiger charge is 1.73. The van der Waals surface area contributed by atoms with Crippen LogP contribution >= 0.6 is 0 Å². The molecular weight excluding hydrogens is 136 g/mol. The Hall–Kier alpha value is -1.44. The third-order valence-corrected chi connectivity index (χ3v) is 1.10. The molecule has 0 radical (unpaired) electrons. The number of rotatable bonds is 0. The molecular formula is C9H10N2. The second-order valence-electron chi connectivity index (χ2n) is 1.98. The molecule has 1 aromatic heterocycles. The van der Waals surface area contributed by atoms with E-state index in [1.165, 1.54) is 0 Å². The minimum Gasteiger partial charge on any atom is -0.269 e. The van der Waals surface area contributed by atoms with Crippen LogP contribution in [0.1, 0.15) is 6.42 Å². The van der Waals surface area contributed by atoms with E-state index in [0.717, 1.165) is 6.42 Å². The van der Waals surface area contributed by atoms with Crippen molar-refractivity contribution in [1.29, 1.82) is 0 Å². The molecule has 0 aliphatic carbocycles. The van der Waals surface area contributed by atoms with Gasteiger partial charge in [-0.1, -0.05) is 12.1 Å². The minimum atomic E-state index is 1.03. The van der Waals surface area contributed by atoms with Gasteiger partial charge in [0.2, 0.25) is 0 Å². The van der Waals surface area contributed by atoms with E-state index in [4.69, 9.17) is 0 Å². The van der Waals surface area contributed by atoms with Crippen LogP contribution in [0.25, 0.3) is 0 Å². The quantitative estimate of drug-likeness (QED) is 0.550. The van der Waals surface area contributed by atoms with Crippen molar-refractivity contribution in [2.24, 2.45) is 4.99 Å². The molecule has 1 aromatic rings. The van der Waals surface area contributed by atoms with Gasteiger partial charge in [0, 0.05) is 31.2 Å². The lowest BCUT2D eigenvalue weighted by Gasteiger charge is -1.70. The summed E-state index contributed by atoms with van der Waals surface area (Å²) in [5, 5.41) is 0. The number of aliphatic imine (C=N–C) groups is 1. The fourth-order valence-electron chi connectivity index (χ4n) is 0.617. The van der Waals surface area contributed by atoms with Gasteiger partial charge in [0.15, 0.2) is 0 Å². The summed E-state index contributed by atoms with van der Waals surface area (Å²) in [6, 6.07) is 5.72. The fourth-order valence-corrected chi connectivity index (χ4v) is 0.617. The van der Waals surface area contributed by atoms with Gasteiger partial charge in [-0.2, -0.15) is 0 Å². The Bertz CT molecular complexity index is 190. The van der Waals surface area contributed by atoms with E-state index in [0.29, 0.717) is 0 Å². The molecule has 0 atom stereocenters. The predicted octanol–water partition coefficient (Wildman–Crippen LogP) is 2.06. The van der Waals surface area contributed by atoms with Crippen molar-refractivity contribution in [3.05, 3.63) is 42.9 Å². The Morgan fingerprint density at radius 1 is 1.00 bits per heavy atom. The molecule has 2 rings (SSSR count). The summed E-state index contributed by atoms with van der Waals surface area (Å²) in [5.74, 6) is 0. The van der Waals surface area contributed by atoms with Crippen molar-refractivity contribution in [1.82, 2.24) is 4.98 Å². The second kappa shape index (κ2) is 5.35. The van der Waals surface area contributed by atoms with Crippen LogP contribution in [0, 0.1) is 0 Å². The van der Waals surface area contributed by atoms with Crippen molar-refractivity contribution in [2.45, 2.75) is 6.42 Å². The first kappa shape index (κ1) is 7.66. The Kier molecular flexibility index (Phi) is 3.73. The van der Waals surface area contributed by atoms with Crippen LogP contribution < -0.4 is 0 Å². The van der Waals surface area contributed by atoms with Crippen LogP contribution in [0.3, 0.4) is 0 Å². The Morgan fingerprint density at radius 3 is 2.00 bits per heavy atom. The van der Waals surface area contributed by atoms with Crippen LogP contribution in [-0.4, -0.2) is 11.2 Å². The van der Waals surface area contributed by atoms with Crippen LogP contribution in [0.5, 0.6) is 0 Å². The van der Waals surface area contributed by atoms with Gasteiger partial charge in [-0.3, -0.25) is 9.98 Å². The maximum atomic E-state index is 3.78. The average molecular weight is 146 g/mol. The summed E-state index contributed by atoms with van der Waals surface area (Å²) in [5.41, 5.74) is 0. The van der Waals surface area contributed by atoms with Gasteiger partial charge in [0.05, 0.1) is 0 Å². The maximum Gasteiger partial charge on any atom is 0.0267 e. The second-order valence-corrected chi connectivity index (χ2v) is 1.98. The third kappa shape index (κ3) is 4.03. The summed E-state index contributed by atoms with van der Waals surface area (Å²) in [6.45, 7) is 0. The van der Waals surface area contributed by atoms with Crippen LogP contribution in [-0.2, 0) is 0 Å². The van der Waals surface area contributed by atoms with E-state index in [1.54, 1.807) is 18.6 Å².